The molecule has 0 atom stereocenters. The van der Waals surface area contributed by atoms with E-state index in [1.54, 1.807) is 0 Å². The maximum atomic E-state index is 6.79. The van der Waals surface area contributed by atoms with Crippen LogP contribution in [0.4, 0.5) is 0 Å². The lowest BCUT2D eigenvalue weighted by atomic mass is 10.0. The van der Waals surface area contributed by atoms with Crippen LogP contribution in [0.15, 0.2) is 373 Å². The average molecular weight is 1400 g/mol. The molecule has 6 nitrogen and oxygen atoms in total. The van der Waals surface area contributed by atoms with Gasteiger partial charge in [0.05, 0.1) is 54.9 Å². The van der Waals surface area contributed by atoms with Crippen LogP contribution in [0.1, 0.15) is 0 Å². The Morgan fingerprint density at radius 2 is 0.555 bits per heavy atom. The predicted octanol–water partition coefficient (Wildman–Crippen LogP) is 28.5. The summed E-state index contributed by atoms with van der Waals surface area (Å²) in [5, 5.41) is 19.3. The first-order chi connectivity index (χ1) is 54.6. The highest BCUT2D eigenvalue weighted by atomic mass is 16.3. The Bertz CT molecular complexity index is 8150. The van der Waals surface area contributed by atoms with Crippen molar-refractivity contribution in [2.45, 2.75) is 0 Å². The summed E-state index contributed by atoms with van der Waals surface area (Å²) in [6.45, 7) is 0. The Morgan fingerprint density at radius 1 is 0.173 bits per heavy atom. The van der Waals surface area contributed by atoms with E-state index in [2.05, 4.69) is 382 Å². The lowest BCUT2D eigenvalue weighted by molar-refractivity contribution is 0.672. The van der Waals surface area contributed by atoms with E-state index >= 15 is 0 Å². The Balaban J connectivity index is 0.000000126. The molecule has 0 amide bonds. The predicted molar refractivity (Wildman–Crippen MR) is 460 cm³/mol. The summed E-state index contributed by atoms with van der Waals surface area (Å²) in [5.41, 5.74) is 32.7. The van der Waals surface area contributed by atoms with E-state index in [4.69, 9.17) is 8.83 Å². The standard InChI is InChI=1S/2C52H30N2O/c1-2-11-31(12-3-1)33-15-8-16-34(29-33)53-44-21-6-4-18-41(44)49-45(53)28-26-42-50-46(27-25-40-37-17-5-7-22-47(37)55-52(40)50)54(51(42)49)35-23-24-36-38-19-9-13-32-14-10-20-39(48(32)38)43(36)30-35;1-2-12-31(13-3-1)32-14-10-16-34(28-32)54-46-26-24-40-38-19-7-9-23-47(38)55-52(40)50(46)42-25-27-45-49(51(42)54)41-20-6-8-22-44(41)53(45)35-29-33-15-11-21-39-36-17-4-5-18-37(36)43(30-35)48(33)39/h2*1-30H. The summed E-state index contributed by atoms with van der Waals surface area (Å²) < 4.78 is 23.5. The molecule has 2 aliphatic carbocycles. The fourth-order valence-electron chi connectivity index (χ4n) is 19.5. The number of benzene rings is 18. The first kappa shape index (κ1) is 59.5. The third kappa shape index (κ3) is 8.20. The van der Waals surface area contributed by atoms with Crippen LogP contribution in [0.2, 0.25) is 0 Å². The van der Waals surface area contributed by atoms with Crippen molar-refractivity contribution in [1.82, 2.24) is 18.3 Å². The van der Waals surface area contributed by atoms with Gasteiger partial charge in [0.1, 0.15) is 22.3 Å². The van der Waals surface area contributed by atoms with Gasteiger partial charge in [-0.2, -0.15) is 0 Å². The molecule has 0 unspecified atom stereocenters. The highest BCUT2D eigenvalue weighted by molar-refractivity contribution is 6.33. The van der Waals surface area contributed by atoms with E-state index in [1.807, 2.05) is 0 Å². The maximum Gasteiger partial charge on any atom is 0.145 e. The van der Waals surface area contributed by atoms with Gasteiger partial charge in [0.15, 0.2) is 0 Å². The summed E-state index contributed by atoms with van der Waals surface area (Å²) >= 11 is 0. The van der Waals surface area contributed by atoms with Crippen LogP contribution in [-0.4, -0.2) is 18.3 Å². The summed E-state index contributed by atoms with van der Waals surface area (Å²) in [7, 11) is 0. The van der Waals surface area contributed by atoms with Crippen LogP contribution in [0.25, 0.3) is 242 Å². The van der Waals surface area contributed by atoms with E-state index < -0.39 is 0 Å². The molecule has 26 rings (SSSR count). The van der Waals surface area contributed by atoms with Gasteiger partial charge in [-0.1, -0.05) is 243 Å². The molecule has 0 bridgehead atoms. The zero-order chi connectivity index (χ0) is 71.6. The lowest BCUT2D eigenvalue weighted by Gasteiger charge is -2.13. The van der Waals surface area contributed by atoms with Gasteiger partial charge in [0.25, 0.3) is 0 Å². The zero-order valence-corrected chi connectivity index (χ0v) is 59.2. The lowest BCUT2D eigenvalue weighted by Crippen LogP contribution is -1.96. The second-order valence-electron chi connectivity index (χ2n) is 29.7. The molecule has 18 aromatic carbocycles. The zero-order valence-electron chi connectivity index (χ0n) is 59.2. The molecule has 0 fully saturated rings. The monoisotopic (exact) mass is 1400 g/mol. The molecule has 6 aromatic heterocycles. The minimum absolute atomic E-state index is 0.906. The van der Waals surface area contributed by atoms with Crippen LogP contribution in [0, 0.1) is 0 Å². The molecule has 110 heavy (non-hydrogen) atoms. The number of furan rings is 2. The van der Waals surface area contributed by atoms with Gasteiger partial charge >= 0.3 is 0 Å². The molecule has 2 aliphatic rings. The van der Waals surface area contributed by atoms with Gasteiger partial charge in [-0.05, 0) is 210 Å². The number of rotatable bonds is 6. The molecule has 6 heterocycles. The average Bonchev–Trinajstić information content (AvgIpc) is 1.53. The normalized spacial score (nSPS) is 12.4. The second-order valence-corrected chi connectivity index (χ2v) is 29.7. The van der Waals surface area contributed by atoms with Gasteiger partial charge in [0.2, 0.25) is 0 Å². The minimum Gasteiger partial charge on any atom is -0.455 e. The molecule has 0 saturated heterocycles. The second kappa shape index (κ2) is 22.4. The Hall–Kier alpha value is -14.7. The highest BCUT2D eigenvalue weighted by Gasteiger charge is 2.30. The van der Waals surface area contributed by atoms with Crippen LogP contribution in [-0.2, 0) is 0 Å². The van der Waals surface area contributed by atoms with Crippen LogP contribution in [0.5, 0.6) is 0 Å². The Morgan fingerprint density at radius 3 is 1.11 bits per heavy atom. The number of hydrogen-bond donors (Lipinski definition) is 0. The number of hydrogen-bond acceptors (Lipinski definition) is 2. The van der Waals surface area contributed by atoms with Crippen LogP contribution < -0.4 is 0 Å². The van der Waals surface area contributed by atoms with Crippen molar-refractivity contribution in [2.75, 3.05) is 0 Å². The van der Waals surface area contributed by atoms with Gasteiger partial charge in [-0.15, -0.1) is 0 Å². The highest BCUT2D eigenvalue weighted by Crippen LogP contribution is 2.54. The summed E-state index contributed by atoms with van der Waals surface area (Å²) in [6, 6.07) is 133. The van der Waals surface area contributed by atoms with Crippen molar-refractivity contribution < 1.29 is 8.83 Å². The Kier molecular flexibility index (Phi) is 12.1. The topological polar surface area (TPSA) is 46.0 Å². The molecular formula is C104H60N4O2. The van der Waals surface area contributed by atoms with Gasteiger partial charge < -0.3 is 27.1 Å². The third-order valence-corrected chi connectivity index (χ3v) is 24.0. The molecule has 0 saturated carbocycles. The van der Waals surface area contributed by atoms with Crippen molar-refractivity contribution in [3.05, 3.63) is 364 Å². The molecule has 6 heteroatoms. The van der Waals surface area contributed by atoms with Gasteiger partial charge in [0, 0.05) is 76.6 Å². The van der Waals surface area contributed by atoms with Crippen molar-refractivity contribution in [3.8, 4) is 89.5 Å². The first-order valence-electron chi connectivity index (χ1n) is 37.9. The van der Waals surface area contributed by atoms with E-state index in [1.165, 1.54) is 154 Å². The number of nitrogens with zero attached hydrogens (tertiary/aromatic N) is 4. The Labute approximate surface area is 629 Å². The molecule has 508 valence electrons. The minimum atomic E-state index is 0.906. The van der Waals surface area contributed by atoms with E-state index in [0.29, 0.717) is 0 Å². The van der Waals surface area contributed by atoms with Gasteiger partial charge in [-0.3, -0.25) is 0 Å². The van der Waals surface area contributed by atoms with Gasteiger partial charge in [-0.25, -0.2) is 0 Å². The molecular weight excluding hydrogens is 1340 g/mol. The molecule has 24 aromatic rings. The van der Waals surface area contributed by atoms with Crippen LogP contribution >= 0.6 is 0 Å². The summed E-state index contributed by atoms with van der Waals surface area (Å²) in [6.07, 6.45) is 0. The quantitative estimate of drug-likeness (QED) is 0.167. The first-order valence-corrected chi connectivity index (χ1v) is 37.9. The van der Waals surface area contributed by atoms with E-state index in [9.17, 15) is 0 Å². The van der Waals surface area contributed by atoms with Crippen molar-refractivity contribution in [3.63, 3.8) is 0 Å². The largest absolute Gasteiger partial charge is 0.455 e. The fraction of sp³-hybridized carbons (Fsp3) is 0. The third-order valence-electron chi connectivity index (χ3n) is 24.0. The summed E-state index contributed by atoms with van der Waals surface area (Å²) in [5.74, 6) is 0. The van der Waals surface area contributed by atoms with E-state index in [0.717, 1.165) is 88.4 Å². The summed E-state index contributed by atoms with van der Waals surface area (Å²) in [4.78, 5) is 0. The molecule has 0 aliphatic heterocycles. The van der Waals surface area contributed by atoms with Crippen molar-refractivity contribution >= 4 is 153 Å². The fourth-order valence-corrected chi connectivity index (χ4v) is 19.5. The maximum absolute atomic E-state index is 6.79. The number of aromatic nitrogens is 4. The van der Waals surface area contributed by atoms with Crippen molar-refractivity contribution in [2.24, 2.45) is 0 Å². The molecule has 0 N–H and O–H groups in total. The molecule has 0 radical (unpaired) electrons. The van der Waals surface area contributed by atoms with Crippen LogP contribution in [0.3, 0.4) is 0 Å². The number of fused-ring (bicyclic) bond motifs is 28. The van der Waals surface area contributed by atoms with E-state index in [-0.39, 0.29) is 0 Å². The molecule has 0 spiro atoms. The SMILES string of the molecule is c1ccc(-c2cccc(-n3c4ccc5c6ccccc6oc5c4c4ccc5c(c6ccccc6n5-c5cc6c7c(cccc7c5)-c5ccccc5-6)c43)c2)cc1.c1ccc(-c2cccc(-n3c4ccccc4c4c3ccc3c5c6oc7ccccc7c6ccc5n(-c5ccc6c(c5)-c5cccc7cccc-6c57)c34)c2)cc1. The van der Waals surface area contributed by atoms with Crippen molar-refractivity contribution in [1.29, 1.82) is 0 Å². The number of para-hydroxylation sites is 4. The smallest absolute Gasteiger partial charge is 0.145 e.